The fraction of sp³-hybridized carbons (Fsp3) is 0.381. The molecule has 3 nitrogen and oxygen atoms in total. The second-order valence-electron chi connectivity index (χ2n) is 7.14. The highest BCUT2D eigenvalue weighted by molar-refractivity contribution is 5.96. The molecule has 1 amide bonds. The average molecular weight is 321 g/mol. The smallest absolute Gasteiger partial charge is 0.254 e. The second-order valence-corrected chi connectivity index (χ2v) is 7.14. The summed E-state index contributed by atoms with van der Waals surface area (Å²) in [5.41, 5.74) is 5.89. The molecule has 124 valence electrons. The molecule has 1 N–H and O–H groups in total. The third kappa shape index (κ3) is 2.53. The Labute approximate surface area is 142 Å². The van der Waals surface area contributed by atoms with Crippen molar-refractivity contribution in [3.8, 4) is 11.1 Å². The zero-order valence-electron chi connectivity index (χ0n) is 14.0. The molecule has 1 aliphatic carbocycles. The predicted octanol–water partition coefficient (Wildman–Crippen LogP) is 3.49. The molecule has 0 aromatic heterocycles. The Kier molecular flexibility index (Phi) is 3.89. The van der Waals surface area contributed by atoms with Crippen molar-refractivity contribution in [1.82, 2.24) is 4.90 Å². The van der Waals surface area contributed by atoms with Crippen LogP contribution in [0.25, 0.3) is 11.1 Å². The number of carbonyl (C=O) groups excluding carboxylic acids is 1. The minimum absolute atomic E-state index is 0.0967. The van der Waals surface area contributed by atoms with Crippen LogP contribution in [0.3, 0.4) is 0 Å². The van der Waals surface area contributed by atoms with E-state index in [1.165, 1.54) is 22.3 Å². The van der Waals surface area contributed by atoms with Crippen molar-refractivity contribution in [2.75, 3.05) is 13.2 Å². The van der Waals surface area contributed by atoms with Crippen LogP contribution >= 0.6 is 0 Å². The summed E-state index contributed by atoms with van der Waals surface area (Å²) < 4.78 is 0. The number of piperidine rings is 1. The first-order valence-electron chi connectivity index (χ1n) is 8.80. The van der Waals surface area contributed by atoms with Crippen LogP contribution in [0, 0.1) is 5.92 Å². The molecule has 0 saturated carbocycles. The molecule has 1 aliphatic heterocycles. The summed E-state index contributed by atoms with van der Waals surface area (Å²) in [6.07, 6.45) is 2.87. The molecule has 2 unspecified atom stereocenters. The molecule has 1 heterocycles. The van der Waals surface area contributed by atoms with Crippen LogP contribution in [-0.2, 0) is 6.42 Å². The molecule has 0 radical (unpaired) electrons. The molecule has 1 fully saturated rings. The molecule has 2 aromatic carbocycles. The van der Waals surface area contributed by atoms with Gasteiger partial charge in [0.1, 0.15) is 0 Å². The molecular formula is C21H23NO2. The minimum atomic E-state index is 0.0967. The van der Waals surface area contributed by atoms with E-state index >= 15 is 0 Å². The number of carbonyl (C=O) groups is 1. The Morgan fingerprint density at radius 1 is 1.12 bits per heavy atom. The fourth-order valence-electron chi connectivity index (χ4n) is 4.06. The number of rotatable bonds is 2. The maximum absolute atomic E-state index is 13.0. The van der Waals surface area contributed by atoms with E-state index in [-0.39, 0.29) is 24.5 Å². The Balaban J connectivity index is 1.62. The molecule has 24 heavy (non-hydrogen) atoms. The van der Waals surface area contributed by atoms with Crippen molar-refractivity contribution in [2.45, 2.75) is 32.2 Å². The van der Waals surface area contributed by atoms with Gasteiger partial charge >= 0.3 is 0 Å². The van der Waals surface area contributed by atoms with Crippen LogP contribution in [0.2, 0.25) is 0 Å². The summed E-state index contributed by atoms with van der Waals surface area (Å²) in [7, 11) is 0. The van der Waals surface area contributed by atoms with Crippen molar-refractivity contribution in [1.29, 1.82) is 0 Å². The normalized spacial score (nSPS) is 22.2. The van der Waals surface area contributed by atoms with Gasteiger partial charge in [0.05, 0.1) is 0 Å². The summed E-state index contributed by atoms with van der Waals surface area (Å²) in [5.74, 6) is 0.309. The van der Waals surface area contributed by atoms with Gasteiger partial charge in [-0.2, -0.15) is 0 Å². The van der Waals surface area contributed by atoms with E-state index in [1.54, 1.807) is 0 Å². The summed E-state index contributed by atoms with van der Waals surface area (Å²) in [5, 5.41) is 9.44. The number of aliphatic hydroxyl groups excluding tert-OH is 1. The third-order valence-electron chi connectivity index (χ3n) is 5.54. The van der Waals surface area contributed by atoms with Gasteiger partial charge in [0.2, 0.25) is 0 Å². The highest BCUT2D eigenvalue weighted by Gasteiger charge is 2.30. The zero-order chi connectivity index (χ0) is 16.7. The van der Waals surface area contributed by atoms with Gasteiger partial charge in [-0.3, -0.25) is 4.79 Å². The van der Waals surface area contributed by atoms with E-state index in [9.17, 15) is 9.90 Å². The number of benzene rings is 2. The lowest BCUT2D eigenvalue weighted by Crippen LogP contribution is -2.46. The minimum Gasteiger partial charge on any atom is -0.396 e. The molecule has 2 aliphatic rings. The maximum atomic E-state index is 13.0. The van der Waals surface area contributed by atoms with Gasteiger partial charge in [0, 0.05) is 24.8 Å². The lowest BCUT2D eigenvalue weighted by molar-refractivity contribution is 0.0489. The van der Waals surface area contributed by atoms with Crippen LogP contribution < -0.4 is 0 Å². The zero-order valence-corrected chi connectivity index (χ0v) is 14.0. The van der Waals surface area contributed by atoms with Crippen molar-refractivity contribution in [2.24, 2.45) is 5.92 Å². The van der Waals surface area contributed by atoms with Crippen molar-refractivity contribution in [3.63, 3.8) is 0 Å². The highest BCUT2D eigenvalue weighted by atomic mass is 16.3. The number of hydrogen-bond acceptors (Lipinski definition) is 2. The Morgan fingerprint density at radius 3 is 2.75 bits per heavy atom. The second kappa shape index (κ2) is 6.06. The predicted molar refractivity (Wildman–Crippen MR) is 95.0 cm³/mol. The summed E-state index contributed by atoms with van der Waals surface area (Å²) in [4.78, 5) is 14.9. The van der Waals surface area contributed by atoms with Gasteiger partial charge in [0.15, 0.2) is 0 Å². The van der Waals surface area contributed by atoms with E-state index in [4.69, 9.17) is 0 Å². The number of fused-ring (bicyclic) bond motifs is 3. The average Bonchev–Trinajstić information content (AvgIpc) is 2.99. The number of hydrogen-bond donors (Lipinski definition) is 1. The van der Waals surface area contributed by atoms with Crippen molar-refractivity contribution < 1.29 is 9.90 Å². The third-order valence-corrected chi connectivity index (χ3v) is 5.54. The van der Waals surface area contributed by atoms with E-state index < -0.39 is 0 Å². The Bertz CT molecular complexity index is 783. The van der Waals surface area contributed by atoms with E-state index in [0.717, 1.165) is 24.8 Å². The lowest BCUT2D eigenvalue weighted by Gasteiger charge is -2.37. The molecule has 0 bridgehead atoms. The van der Waals surface area contributed by atoms with Gasteiger partial charge in [-0.05, 0) is 66.5 Å². The molecule has 4 rings (SSSR count). The van der Waals surface area contributed by atoms with Gasteiger partial charge in [-0.15, -0.1) is 0 Å². The molecule has 3 heteroatoms. The van der Waals surface area contributed by atoms with Gasteiger partial charge in [-0.1, -0.05) is 30.3 Å². The van der Waals surface area contributed by atoms with Crippen molar-refractivity contribution in [3.05, 3.63) is 59.2 Å². The SMILES string of the molecule is CC1CCC(CO)CN1C(=O)c1ccc2c(c1)Cc1ccccc1-2. The number of amides is 1. The first-order valence-corrected chi connectivity index (χ1v) is 8.80. The summed E-state index contributed by atoms with van der Waals surface area (Å²) in [6, 6.07) is 14.8. The van der Waals surface area contributed by atoms with Crippen LogP contribution in [0.1, 0.15) is 41.3 Å². The monoisotopic (exact) mass is 321 g/mol. The summed E-state index contributed by atoms with van der Waals surface area (Å²) in [6.45, 7) is 2.93. The first-order chi connectivity index (χ1) is 11.7. The van der Waals surface area contributed by atoms with E-state index in [1.807, 2.05) is 11.0 Å². The van der Waals surface area contributed by atoms with E-state index in [0.29, 0.717) is 6.54 Å². The number of nitrogens with zero attached hydrogens (tertiary/aromatic N) is 1. The van der Waals surface area contributed by atoms with Gasteiger partial charge in [0.25, 0.3) is 5.91 Å². The van der Waals surface area contributed by atoms with E-state index in [2.05, 4.69) is 43.3 Å². The largest absolute Gasteiger partial charge is 0.396 e. The number of likely N-dealkylation sites (tertiary alicyclic amines) is 1. The van der Waals surface area contributed by atoms with Crippen LogP contribution in [0.15, 0.2) is 42.5 Å². The molecule has 1 saturated heterocycles. The van der Waals surface area contributed by atoms with Gasteiger partial charge < -0.3 is 10.0 Å². The van der Waals surface area contributed by atoms with Crippen molar-refractivity contribution >= 4 is 5.91 Å². The fourth-order valence-corrected chi connectivity index (χ4v) is 4.06. The molecular weight excluding hydrogens is 298 g/mol. The van der Waals surface area contributed by atoms with Crippen LogP contribution in [0.4, 0.5) is 0 Å². The van der Waals surface area contributed by atoms with Crippen LogP contribution in [-0.4, -0.2) is 35.1 Å². The first kappa shape index (κ1) is 15.4. The standard InChI is InChI=1S/C21H23NO2/c1-14-6-7-15(13-23)12-22(14)21(24)17-8-9-20-18(11-17)10-16-4-2-3-5-19(16)20/h2-5,8-9,11,14-15,23H,6-7,10,12-13H2,1H3. The Hall–Kier alpha value is -2.13. The van der Waals surface area contributed by atoms with Gasteiger partial charge in [-0.25, -0.2) is 0 Å². The maximum Gasteiger partial charge on any atom is 0.254 e. The topological polar surface area (TPSA) is 40.5 Å². The number of aliphatic hydroxyl groups is 1. The molecule has 2 aromatic rings. The van der Waals surface area contributed by atoms with Crippen LogP contribution in [0.5, 0.6) is 0 Å². The highest BCUT2D eigenvalue weighted by Crippen LogP contribution is 2.37. The molecule has 2 atom stereocenters. The molecule has 0 spiro atoms. The quantitative estimate of drug-likeness (QED) is 0.785. The Morgan fingerprint density at radius 2 is 1.92 bits per heavy atom. The lowest BCUT2D eigenvalue weighted by atomic mass is 9.93. The summed E-state index contributed by atoms with van der Waals surface area (Å²) >= 11 is 0.